The van der Waals surface area contributed by atoms with E-state index in [2.05, 4.69) is 28.0 Å². The van der Waals surface area contributed by atoms with E-state index >= 15 is 0 Å². The predicted molar refractivity (Wildman–Crippen MR) is 78.7 cm³/mol. The molecule has 4 nitrogen and oxygen atoms in total. The number of nitrogens with zero attached hydrogens (tertiary/aromatic N) is 1. The summed E-state index contributed by atoms with van der Waals surface area (Å²) in [5, 5.41) is 11.7. The Labute approximate surface area is 121 Å². The van der Waals surface area contributed by atoms with E-state index in [0.29, 0.717) is 11.7 Å². The zero-order valence-electron chi connectivity index (χ0n) is 11.0. The van der Waals surface area contributed by atoms with Crippen LogP contribution in [0.4, 0.5) is 0 Å². The van der Waals surface area contributed by atoms with Crippen LogP contribution in [-0.2, 0) is 0 Å². The van der Waals surface area contributed by atoms with Gasteiger partial charge in [-0.15, -0.1) is 0 Å². The molecule has 0 aromatic heterocycles. The van der Waals surface area contributed by atoms with Crippen LogP contribution in [0.2, 0.25) is 0 Å². The first-order valence-corrected chi connectivity index (χ1v) is 7.33. The number of hydrogen-bond donors (Lipinski definition) is 2. The summed E-state index contributed by atoms with van der Waals surface area (Å²) in [4.78, 5) is 0. The van der Waals surface area contributed by atoms with Crippen LogP contribution in [0.3, 0.4) is 0 Å². The van der Waals surface area contributed by atoms with E-state index in [1.54, 1.807) is 6.07 Å². The lowest BCUT2D eigenvalue weighted by Crippen LogP contribution is -2.24. The molecular formula is C14H19BrN2O2. The van der Waals surface area contributed by atoms with Crippen LogP contribution in [-0.4, -0.2) is 17.1 Å². The average molecular weight is 327 g/mol. The van der Waals surface area contributed by atoms with Gasteiger partial charge in [0, 0.05) is 10.0 Å². The zero-order valence-corrected chi connectivity index (χ0v) is 12.6. The van der Waals surface area contributed by atoms with Crippen molar-refractivity contribution in [1.82, 2.24) is 0 Å². The lowest BCUT2D eigenvalue weighted by molar-refractivity contribution is 0.129. The van der Waals surface area contributed by atoms with Crippen molar-refractivity contribution in [2.75, 3.05) is 0 Å². The maximum atomic E-state index is 8.68. The fourth-order valence-corrected chi connectivity index (χ4v) is 3.07. The van der Waals surface area contributed by atoms with Crippen LogP contribution < -0.4 is 10.5 Å². The van der Waals surface area contributed by atoms with Crippen molar-refractivity contribution >= 4 is 21.8 Å². The van der Waals surface area contributed by atoms with Crippen LogP contribution in [0.1, 0.15) is 38.2 Å². The Hall–Kier alpha value is -1.23. The summed E-state index contributed by atoms with van der Waals surface area (Å²) in [6, 6.07) is 5.52. The van der Waals surface area contributed by atoms with Gasteiger partial charge in [-0.1, -0.05) is 18.5 Å². The van der Waals surface area contributed by atoms with E-state index in [9.17, 15) is 0 Å². The number of amidine groups is 1. The fraction of sp³-hybridized carbons (Fsp3) is 0.500. The standard InChI is InChI=1S/C14H19BrN2O2/c1-9-3-2-4-10(7-9)19-11-5-6-12(13(15)8-11)14(16)17-18/h5-6,8-10,18H,2-4,7H2,1H3,(H2,16,17). The second-order valence-corrected chi connectivity index (χ2v) is 5.99. The SMILES string of the molecule is CC1CCCC(Oc2ccc(/C(N)=N/O)c(Br)c2)C1. The van der Waals surface area contributed by atoms with Gasteiger partial charge in [0.2, 0.25) is 0 Å². The number of hydrogen-bond acceptors (Lipinski definition) is 3. The molecule has 2 atom stereocenters. The molecule has 2 unspecified atom stereocenters. The van der Waals surface area contributed by atoms with Crippen LogP contribution in [0.25, 0.3) is 0 Å². The molecular weight excluding hydrogens is 308 g/mol. The van der Waals surface area contributed by atoms with Gasteiger partial charge in [-0.3, -0.25) is 0 Å². The lowest BCUT2D eigenvalue weighted by Gasteiger charge is -2.27. The van der Waals surface area contributed by atoms with Crippen LogP contribution in [0, 0.1) is 5.92 Å². The number of halogens is 1. The summed E-state index contributed by atoms with van der Waals surface area (Å²) in [5.41, 5.74) is 6.24. The van der Waals surface area contributed by atoms with Crippen molar-refractivity contribution < 1.29 is 9.94 Å². The van der Waals surface area contributed by atoms with Crippen molar-refractivity contribution in [3.63, 3.8) is 0 Å². The molecule has 0 aliphatic heterocycles. The number of ether oxygens (including phenoxy) is 1. The largest absolute Gasteiger partial charge is 0.490 e. The van der Waals surface area contributed by atoms with E-state index < -0.39 is 0 Å². The first kappa shape index (κ1) is 14.2. The van der Waals surface area contributed by atoms with Crippen molar-refractivity contribution in [1.29, 1.82) is 0 Å². The highest BCUT2D eigenvalue weighted by Crippen LogP contribution is 2.29. The van der Waals surface area contributed by atoms with E-state index in [0.717, 1.165) is 29.0 Å². The van der Waals surface area contributed by atoms with Crippen LogP contribution >= 0.6 is 15.9 Å². The van der Waals surface area contributed by atoms with Crippen molar-refractivity contribution in [3.8, 4) is 5.75 Å². The van der Waals surface area contributed by atoms with Crippen molar-refractivity contribution in [2.24, 2.45) is 16.8 Å². The van der Waals surface area contributed by atoms with Gasteiger partial charge in [-0.2, -0.15) is 0 Å². The molecule has 3 N–H and O–H groups in total. The predicted octanol–water partition coefficient (Wildman–Crippen LogP) is 3.50. The van der Waals surface area contributed by atoms with Gasteiger partial charge in [0.1, 0.15) is 5.75 Å². The van der Waals surface area contributed by atoms with Crippen LogP contribution in [0.15, 0.2) is 27.8 Å². The highest BCUT2D eigenvalue weighted by Gasteiger charge is 2.20. The smallest absolute Gasteiger partial charge is 0.171 e. The number of nitrogens with two attached hydrogens (primary N) is 1. The summed E-state index contributed by atoms with van der Waals surface area (Å²) < 4.78 is 6.77. The number of rotatable bonds is 3. The van der Waals surface area contributed by atoms with E-state index in [1.165, 1.54) is 12.8 Å². The summed E-state index contributed by atoms with van der Waals surface area (Å²) in [7, 11) is 0. The second-order valence-electron chi connectivity index (χ2n) is 5.14. The molecule has 1 aliphatic carbocycles. The first-order valence-electron chi connectivity index (χ1n) is 6.54. The molecule has 0 heterocycles. The van der Waals surface area contributed by atoms with Gasteiger partial charge in [0.25, 0.3) is 0 Å². The summed E-state index contributed by atoms with van der Waals surface area (Å²) in [6.45, 7) is 2.27. The maximum absolute atomic E-state index is 8.68. The molecule has 5 heteroatoms. The molecule has 19 heavy (non-hydrogen) atoms. The summed E-state index contributed by atoms with van der Waals surface area (Å²) in [5.74, 6) is 1.64. The normalized spacial score (nSPS) is 24.2. The average Bonchev–Trinajstić information content (AvgIpc) is 2.38. The molecule has 0 saturated heterocycles. The monoisotopic (exact) mass is 326 g/mol. The van der Waals surface area contributed by atoms with Gasteiger partial charge >= 0.3 is 0 Å². The Morgan fingerprint density at radius 3 is 2.89 bits per heavy atom. The Kier molecular flexibility index (Phi) is 4.69. The highest BCUT2D eigenvalue weighted by molar-refractivity contribution is 9.10. The van der Waals surface area contributed by atoms with Crippen molar-refractivity contribution in [3.05, 3.63) is 28.2 Å². The number of benzene rings is 1. The minimum atomic E-state index is 0.0877. The Morgan fingerprint density at radius 1 is 1.47 bits per heavy atom. The minimum Gasteiger partial charge on any atom is -0.490 e. The topological polar surface area (TPSA) is 67.8 Å². The molecule has 104 valence electrons. The first-order chi connectivity index (χ1) is 9.10. The third kappa shape index (κ3) is 3.62. The molecule has 1 aromatic carbocycles. The molecule has 0 spiro atoms. The van der Waals surface area contributed by atoms with E-state index in [4.69, 9.17) is 15.7 Å². The Balaban J connectivity index is 2.07. The summed E-state index contributed by atoms with van der Waals surface area (Å²) >= 11 is 3.41. The van der Waals surface area contributed by atoms with Gasteiger partial charge in [-0.05, 0) is 59.3 Å². The van der Waals surface area contributed by atoms with Gasteiger partial charge in [0.05, 0.1) is 6.10 Å². The molecule has 0 amide bonds. The number of oxime groups is 1. The third-order valence-corrected chi connectivity index (χ3v) is 4.17. The Morgan fingerprint density at radius 2 is 2.26 bits per heavy atom. The fourth-order valence-electron chi connectivity index (χ4n) is 2.51. The summed E-state index contributed by atoms with van der Waals surface area (Å²) in [6.07, 6.45) is 5.05. The minimum absolute atomic E-state index is 0.0877. The molecule has 0 bridgehead atoms. The van der Waals surface area contributed by atoms with E-state index in [1.807, 2.05) is 12.1 Å². The van der Waals surface area contributed by atoms with Crippen LogP contribution in [0.5, 0.6) is 5.75 Å². The Bertz CT molecular complexity index is 477. The highest BCUT2D eigenvalue weighted by atomic mass is 79.9. The zero-order chi connectivity index (χ0) is 13.8. The molecule has 0 radical (unpaired) electrons. The third-order valence-electron chi connectivity index (χ3n) is 3.52. The molecule has 1 fully saturated rings. The molecule has 1 saturated carbocycles. The van der Waals surface area contributed by atoms with Gasteiger partial charge in [0.15, 0.2) is 5.84 Å². The van der Waals surface area contributed by atoms with E-state index in [-0.39, 0.29) is 5.84 Å². The lowest BCUT2D eigenvalue weighted by atomic mass is 9.89. The molecule has 1 aromatic rings. The van der Waals surface area contributed by atoms with Gasteiger partial charge in [-0.25, -0.2) is 0 Å². The maximum Gasteiger partial charge on any atom is 0.171 e. The second kappa shape index (κ2) is 6.28. The van der Waals surface area contributed by atoms with Crippen molar-refractivity contribution in [2.45, 2.75) is 38.7 Å². The quantitative estimate of drug-likeness (QED) is 0.386. The van der Waals surface area contributed by atoms with Gasteiger partial charge < -0.3 is 15.7 Å². The molecule has 1 aliphatic rings. The molecule has 2 rings (SSSR count).